The van der Waals surface area contributed by atoms with Crippen molar-refractivity contribution in [2.75, 3.05) is 13.1 Å². The van der Waals surface area contributed by atoms with Crippen LogP contribution in [0.2, 0.25) is 0 Å². The number of aromatic nitrogens is 2. The molecule has 0 radical (unpaired) electrons. The number of rotatable bonds is 3. The van der Waals surface area contributed by atoms with Crippen molar-refractivity contribution in [3.8, 4) is 0 Å². The van der Waals surface area contributed by atoms with E-state index in [-0.39, 0.29) is 11.3 Å². The first-order valence-electron chi connectivity index (χ1n) is 9.28. The summed E-state index contributed by atoms with van der Waals surface area (Å²) in [6, 6.07) is 14.4. The van der Waals surface area contributed by atoms with Gasteiger partial charge in [0, 0.05) is 35.8 Å². The van der Waals surface area contributed by atoms with Crippen LogP contribution >= 0.6 is 11.3 Å². The molecule has 0 saturated carbocycles. The van der Waals surface area contributed by atoms with Crippen LogP contribution in [0.4, 0.5) is 0 Å². The van der Waals surface area contributed by atoms with Crippen molar-refractivity contribution in [2.24, 2.45) is 0 Å². The van der Waals surface area contributed by atoms with E-state index in [9.17, 15) is 4.79 Å². The Kier molecular flexibility index (Phi) is 4.79. The molecular weight excluding hydrogens is 354 g/mol. The second kappa shape index (κ2) is 7.24. The van der Waals surface area contributed by atoms with Crippen LogP contribution in [-0.2, 0) is 5.41 Å². The highest BCUT2D eigenvalue weighted by Crippen LogP contribution is 2.42. The fourth-order valence-corrected chi connectivity index (χ4v) is 4.61. The summed E-state index contributed by atoms with van der Waals surface area (Å²) in [6.07, 6.45) is 3.44. The third-order valence-electron chi connectivity index (χ3n) is 5.50. The third kappa shape index (κ3) is 3.39. The van der Waals surface area contributed by atoms with Gasteiger partial charge in [-0.15, -0.1) is 11.3 Å². The summed E-state index contributed by atoms with van der Waals surface area (Å²) in [4.78, 5) is 23.9. The summed E-state index contributed by atoms with van der Waals surface area (Å²) in [6.45, 7) is 5.42. The minimum absolute atomic E-state index is 0.0682. The van der Waals surface area contributed by atoms with E-state index in [0.717, 1.165) is 42.3 Å². The predicted molar refractivity (Wildman–Crippen MR) is 108 cm³/mol. The number of piperidine rings is 1. The molecule has 0 atom stereocenters. The summed E-state index contributed by atoms with van der Waals surface area (Å²) < 4.78 is 0. The van der Waals surface area contributed by atoms with Gasteiger partial charge in [0.25, 0.3) is 5.91 Å². The summed E-state index contributed by atoms with van der Waals surface area (Å²) >= 11 is 1.70. The highest BCUT2D eigenvalue weighted by molar-refractivity contribution is 7.09. The highest BCUT2D eigenvalue weighted by atomic mass is 32.1. The molecule has 4 rings (SSSR count). The Labute approximate surface area is 163 Å². The molecule has 0 bridgehead atoms. The SMILES string of the molecule is Cc1ccc(C(=O)N2CCC(c3ccccc3)(c3csc(C)n3)CC2)cn1. The van der Waals surface area contributed by atoms with E-state index in [2.05, 4.69) is 41.6 Å². The van der Waals surface area contributed by atoms with Gasteiger partial charge in [0.15, 0.2) is 0 Å². The van der Waals surface area contributed by atoms with Crippen molar-refractivity contribution in [3.05, 3.63) is 81.6 Å². The molecule has 0 spiro atoms. The van der Waals surface area contributed by atoms with Gasteiger partial charge in [0.1, 0.15) is 0 Å². The number of amides is 1. The summed E-state index contributed by atoms with van der Waals surface area (Å²) in [7, 11) is 0. The number of aryl methyl sites for hydroxylation is 2. The van der Waals surface area contributed by atoms with Gasteiger partial charge in [0.05, 0.1) is 16.3 Å². The number of hydrogen-bond acceptors (Lipinski definition) is 4. The van der Waals surface area contributed by atoms with Crippen LogP contribution in [0.5, 0.6) is 0 Å². The first-order chi connectivity index (χ1) is 13.1. The molecule has 2 aromatic heterocycles. The van der Waals surface area contributed by atoms with E-state index in [4.69, 9.17) is 4.98 Å². The quantitative estimate of drug-likeness (QED) is 0.681. The Hall–Kier alpha value is -2.53. The maximum absolute atomic E-state index is 12.9. The Morgan fingerprint density at radius 2 is 1.81 bits per heavy atom. The molecule has 27 heavy (non-hydrogen) atoms. The largest absolute Gasteiger partial charge is 0.339 e. The zero-order valence-electron chi connectivity index (χ0n) is 15.7. The molecule has 3 aromatic rings. The molecule has 0 unspecified atom stereocenters. The van der Waals surface area contributed by atoms with Crippen LogP contribution in [-0.4, -0.2) is 33.9 Å². The van der Waals surface area contributed by atoms with Crippen LogP contribution in [0.25, 0.3) is 0 Å². The lowest BCUT2D eigenvalue weighted by Crippen LogP contribution is -2.46. The van der Waals surface area contributed by atoms with Gasteiger partial charge < -0.3 is 4.90 Å². The van der Waals surface area contributed by atoms with Gasteiger partial charge in [-0.05, 0) is 44.4 Å². The lowest BCUT2D eigenvalue weighted by atomic mass is 9.70. The van der Waals surface area contributed by atoms with Gasteiger partial charge in [0.2, 0.25) is 0 Å². The molecule has 0 N–H and O–H groups in total. The van der Waals surface area contributed by atoms with Gasteiger partial charge in [-0.2, -0.15) is 0 Å². The summed E-state index contributed by atoms with van der Waals surface area (Å²) in [5.41, 5.74) is 3.90. The number of carbonyl (C=O) groups excluding carboxylic acids is 1. The molecule has 5 heteroatoms. The topological polar surface area (TPSA) is 46.1 Å². The molecule has 1 aromatic carbocycles. The van der Waals surface area contributed by atoms with Gasteiger partial charge in [-0.3, -0.25) is 9.78 Å². The van der Waals surface area contributed by atoms with Crippen molar-refractivity contribution in [1.29, 1.82) is 0 Å². The molecule has 1 saturated heterocycles. The van der Waals surface area contributed by atoms with Crippen molar-refractivity contribution in [1.82, 2.24) is 14.9 Å². The van der Waals surface area contributed by atoms with Crippen LogP contribution in [0, 0.1) is 13.8 Å². The molecule has 0 aliphatic carbocycles. The molecule has 138 valence electrons. The lowest BCUT2D eigenvalue weighted by molar-refractivity contribution is 0.0683. The van der Waals surface area contributed by atoms with Crippen LogP contribution in [0.1, 0.15) is 45.2 Å². The van der Waals surface area contributed by atoms with E-state index in [0.29, 0.717) is 5.56 Å². The lowest BCUT2D eigenvalue weighted by Gasteiger charge is -2.41. The Balaban J connectivity index is 1.60. The van der Waals surface area contributed by atoms with Gasteiger partial charge in [-0.25, -0.2) is 4.98 Å². The Bertz CT molecular complexity index is 926. The van der Waals surface area contributed by atoms with Crippen molar-refractivity contribution in [2.45, 2.75) is 32.1 Å². The number of pyridine rings is 1. The zero-order valence-corrected chi connectivity index (χ0v) is 16.5. The maximum Gasteiger partial charge on any atom is 0.255 e. The second-order valence-corrected chi connectivity index (χ2v) is 8.24. The van der Waals surface area contributed by atoms with Gasteiger partial charge >= 0.3 is 0 Å². The summed E-state index contributed by atoms with van der Waals surface area (Å²) in [5, 5.41) is 3.27. The molecule has 1 amide bonds. The standard InChI is InChI=1S/C22H23N3OS/c1-16-8-9-18(14-23-16)21(26)25-12-10-22(11-13-25,19-6-4-3-5-7-19)20-15-27-17(2)24-20/h3-9,14-15H,10-13H2,1-2H3. The van der Waals surface area contributed by atoms with Crippen LogP contribution < -0.4 is 0 Å². The number of nitrogens with zero attached hydrogens (tertiary/aromatic N) is 3. The van der Waals surface area contributed by atoms with Crippen LogP contribution in [0.15, 0.2) is 54.0 Å². The minimum Gasteiger partial charge on any atom is -0.339 e. The molecular formula is C22H23N3OS. The first kappa shape index (κ1) is 17.9. The number of likely N-dealkylation sites (tertiary alicyclic amines) is 1. The monoisotopic (exact) mass is 377 g/mol. The number of hydrogen-bond donors (Lipinski definition) is 0. The maximum atomic E-state index is 12.9. The third-order valence-corrected chi connectivity index (χ3v) is 6.27. The number of benzene rings is 1. The van der Waals surface area contributed by atoms with Gasteiger partial charge in [-0.1, -0.05) is 30.3 Å². The Morgan fingerprint density at radius 3 is 2.41 bits per heavy atom. The van der Waals surface area contributed by atoms with Crippen molar-refractivity contribution >= 4 is 17.2 Å². The van der Waals surface area contributed by atoms with E-state index in [1.54, 1.807) is 17.5 Å². The molecule has 3 heterocycles. The van der Waals surface area contributed by atoms with E-state index in [1.807, 2.05) is 30.0 Å². The second-order valence-electron chi connectivity index (χ2n) is 7.18. The fraction of sp³-hybridized carbons (Fsp3) is 0.318. The number of carbonyl (C=O) groups is 1. The average Bonchev–Trinajstić information content (AvgIpc) is 3.16. The van der Waals surface area contributed by atoms with Crippen molar-refractivity contribution in [3.63, 3.8) is 0 Å². The molecule has 1 aliphatic heterocycles. The molecule has 4 nitrogen and oxygen atoms in total. The smallest absolute Gasteiger partial charge is 0.255 e. The first-order valence-corrected chi connectivity index (χ1v) is 10.2. The Morgan fingerprint density at radius 1 is 1.07 bits per heavy atom. The van der Waals surface area contributed by atoms with E-state index >= 15 is 0 Å². The predicted octanol–water partition coefficient (Wildman–Crippen LogP) is 4.38. The van der Waals surface area contributed by atoms with Crippen molar-refractivity contribution < 1.29 is 4.79 Å². The average molecular weight is 378 g/mol. The molecule has 1 aliphatic rings. The highest BCUT2D eigenvalue weighted by Gasteiger charge is 2.40. The zero-order chi connectivity index (χ0) is 18.9. The number of thiazole rings is 1. The fourth-order valence-electron chi connectivity index (χ4n) is 3.90. The normalized spacial score (nSPS) is 16.3. The van der Waals surface area contributed by atoms with E-state index < -0.39 is 0 Å². The minimum atomic E-state index is -0.117. The van der Waals surface area contributed by atoms with E-state index in [1.165, 1.54) is 5.56 Å². The van der Waals surface area contributed by atoms with Crippen LogP contribution in [0.3, 0.4) is 0 Å². The molecule has 1 fully saturated rings. The summed E-state index contributed by atoms with van der Waals surface area (Å²) in [5.74, 6) is 0.0682.